The van der Waals surface area contributed by atoms with Gasteiger partial charge in [0.15, 0.2) is 5.13 Å². The van der Waals surface area contributed by atoms with E-state index in [0.29, 0.717) is 16.7 Å². The number of carbonyl (C=O) groups is 1. The standard InChI is InChI=1S/C13H15N3O2S/c1-8(2)11-7-15-13(19-11)16(12(14)18)9-5-3-4-6-10(9)17/h3-8,17H,1-2H3,(H2,14,18). The summed E-state index contributed by atoms with van der Waals surface area (Å²) in [6.45, 7) is 4.10. The molecule has 0 aliphatic heterocycles. The van der Waals surface area contributed by atoms with Crippen molar-refractivity contribution in [2.45, 2.75) is 19.8 Å². The summed E-state index contributed by atoms with van der Waals surface area (Å²) in [4.78, 5) is 18.1. The van der Waals surface area contributed by atoms with Crippen molar-refractivity contribution in [3.8, 4) is 5.75 Å². The lowest BCUT2D eigenvalue weighted by molar-refractivity contribution is 0.256. The quantitative estimate of drug-likeness (QED) is 0.904. The molecule has 0 saturated heterocycles. The maximum Gasteiger partial charge on any atom is 0.325 e. The van der Waals surface area contributed by atoms with E-state index in [0.717, 1.165) is 4.88 Å². The molecule has 6 heteroatoms. The van der Waals surface area contributed by atoms with Gasteiger partial charge in [-0.3, -0.25) is 0 Å². The number of nitrogens with zero attached hydrogens (tertiary/aromatic N) is 2. The molecule has 2 amide bonds. The molecular weight excluding hydrogens is 262 g/mol. The number of hydrogen-bond acceptors (Lipinski definition) is 4. The van der Waals surface area contributed by atoms with Crippen LogP contribution in [-0.2, 0) is 0 Å². The molecular formula is C13H15N3O2S. The van der Waals surface area contributed by atoms with E-state index in [1.165, 1.54) is 22.3 Å². The molecule has 0 aliphatic rings. The van der Waals surface area contributed by atoms with Gasteiger partial charge in [0.1, 0.15) is 5.75 Å². The molecule has 1 aromatic carbocycles. The Morgan fingerprint density at radius 1 is 1.42 bits per heavy atom. The van der Waals surface area contributed by atoms with Crippen LogP contribution in [0.5, 0.6) is 5.75 Å². The number of nitrogens with two attached hydrogens (primary N) is 1. The van der Waals surface area contributed by atoms with E-state index >= 15 is 0 Å². The number of rotatable bonds is 3. The van der Waals surface area contributed by atoms with Gasteiger partial charge in [-0.25, -0.2) is 14.7 Å². The van der Waals surface area contributed by atoms with Gasteiger partial charge in [0.25, 0.3) is 0 Å². The third-order valence-corrected chi connectivity index (χ3v) is 3.90. The minimum atomic E-state index is -0.675. The Hall–Kier alpha value is -2.08. The van der Waals surface area contributed by atoms with Gasteiger partial charge < -0.3 is 10.8 Å². The fourth-order valence-electron chi connectivity index (χ4n) is 1.62. The summed E-state index contributed by atoms with van der Waals surface area (Å²) in [6.07, 6.45) is 1.72. The van der Waals surface area contributed by atoms with Crippen molar-refractivity contribution >= 4 is 28.2 Å². The number of aromatic hydroxyl groups is 1. The number of phenolic OH excluding ortho intramolecular Hbond substituents is 1. The highest BCUT2D eigenvalue weighted by Gasteiger charge is 2.21. The van der Waals surface area contributed by atoms with Gasteiger partial charge in [-0.1, -0.05) is 26.0 Å². The average Bonchev–Trinajstić information content (AvgIpc) is 2.81. The van der Waals surface area contributed by atoms with Crippen LogP contribution in [0, 0.1) is 0 Å². The van der Waals surface area contributed by atoms with Gasteiger partial charge in [-0.15, -0.1) is 11.3 Å². The molecule has 1 aromatic heterocycles. The minimum absolute atomic E-state index is 0.0115. The van der Waals surface area contributed by atoms with Crippen molar-refractivity contribution in [3.63, 3.8) is 0 Å². The first-order chi connectivity index (χ1) is 9.00. The van der Waals surface area contributed by atoms with Crippen LogP contribution in [0.15, 0.2) is 30.5 Å². The van der Waals surface area contributed by atoms with Crippen molar-refractivity contribution < 1.29 is 9.90 Å². The van der Waals surface area contributed by atoms with E-state index in [2.05, 4.69) is 4.98 Å². The molecule has 0 bridgehead atoms. The van der Waals surface area contributed by atoms with E-state index in [9.17, 15) is 9.90 Å². The largest absolute Gasteiger partial charge is 0.506 e. The first kappa shape index (κ1) is 13.4. The molecule has 2 aromatic rings. The zero-order valence-electron chi connectivity index (χ0n) is 10.7. The minimum Gasteiger partial charge on any atom is -0.506 e. The van der Waals surface area contributed by atoms with Gasteiger partial charge in [0.2, 0.25) is 0 Å². The van der Waals surface area contributed by atoms with E-state index in [-0.39, 0.29) is 5.75 Å². The number of carbonyl (C=O) groups excluding carboxylic acids is 1. The SMILES string of the molecule is CC(C)c1cnc(N(C(N)=O)c2ccccc2O)s1. The van der Waals surface area contributed by atoms with Crippen molar-refractivity contribution in [1.82, 2.24) is 4.98 Å². The zero-order chi connectivity index (χ0) is 14.0. The number of para-hydroxylation sites is 2. The maximum atomic E-state index is 11.6. The van der Waals surface area contributed by atoms with Crippen LogP contribution in [0.4, 0.5) is 15.6 Å². The Labute approximate surface area is 115 Å². The van der Waals surface area contributed by atoms with Crippen molar-refractivity contribution in [2.24, 2.45) is 5.73 Å². The maximum absolute atomic E-state index is 11.6. The monoisotopic (exact) mass is 277 g/mol. The van der Waals surface area contributed by atoms with E-state index in [1.807, 2.05) is 13.8 Å². The fraction of sp³-hybridized carbons (Fsp3) is 0.231. The number of anilines is 2. The second kappa shape index (κ2) is 5.27. The molecule has 3 N–H and O–H groups in total. The van der Waals surface area contributed by atoms with Crippen LogP contribution >= 0.6 is 11.3 Å². The number of urea groups is 1. The second-order valence-corrected chi connectivity index (χ2v) is 5.40. The van der Waals surface area contributed by atoms with Crippen LogP contribution in [0.3, 0.4) is 0 Å². The number of hydrogen-bond donors (Lipinski definition) is 2. The molecule has 5 nitrogen and oxygen atoms in total. The fourth-order valence-corrected chi connectivity index (χ4v) is 2.55. The van der Waals surface area contributed by atoms with Crippen LogP contribution in [0.1, 0.15) is 24.6 Å². The van der Waals surface area contributed by atoms with Crippen LogP contribution in [0.2, 0.25) is 0 Å². The van der Waals surface area contributed by atoms with Crippen molar-refractivity contribution in [3.05, 3.63) is 35.3 Å². The van der Waals surface area contributed by atoms with Crippen molar-refractivity contribution in [2.75, 3.05) is 4.90 Å². The molecule has 19 heavy (non-hydrogen) atoms. The third-order valence-electron chi connectivity index (χ3n) is 2.61. The Morgan fingerprint density at radius 3 is 2.63 bits per heavy atom. The molecule has 0 saturated carbocycles. The molecule has 2 rings (SSSR count). The molecule has 0 aliphatic carbocycles. The number of phenols is 1. The predicted molar refractivity (Wildman–Crippen MR) is 76.0 cm³/mol. The Morgan fingerprint density at radius 2 is 2.11 bits per heavy atom. The summed E-state index contributed by atoms with van der Waals surface area (Å²) in [7, 11) is 0. The molecule has 0 fully saturated rings. The number of benzene rings is 1. The smallest absolute Gasteiger partial charge is 0.325 e. The van der Waals surface area contributed by atoms with E-state index < -0.39 is 6.03 Å². The first-order valence-electron chi connectivity index (χ1n) is 5.84. The zero-order valence-corrected chi connectivity index (χ0v) is 11.5. The Kier molecular flexibility index (Phi) is 3.71. The molecule has 1 heterocycles. The molecule has 100 valence electrons. The van der Waals surface area contributed by atoms with Gasteiger partial charge >= 0.3 is 6.03 Å². The topological polar surface area (TPSA) is 79.5 Å². The highest BCUT2D eigenvalue weighted by molar-refractivity contribution is 7.15. The highest BCUT2D eigenvalue weighted by Crippen LogP contribution is 2.36. The Bertz CT molecular complexity index is 595. The number of aromatic nitrogens is 1. The molecule has 0 spiro atoms. The molecule has 0 radical (unpaired) electrons. The van der Waals surface area contributed by atoms with Gasteiger partial charge in [-0.05, 0) is 18.1 Å². The summed E-state index contributed by atoms with van der Waals surface area (Å²) in [5.74, 6) is 0.313. The average molecular weight is 277 g/mol. The van der Waals surface area contributed by atoms with Gasteiger partial charge in [0.05, 0.1) is 5.69 Å². The summed E-state index contributed by atoms with van der Waals surface area (Å²) < 4.78 is 0. The van der Waals surface area contributed by atoms with Gasteiger partial charge in [0, 0.05) is 11.1 Å². The normalized spacial score (nSPS) is 10.7. The van der Waals surface area contributed by atoms with E-state index in [4.69, 9.17) is 5.73 Å². The number of amides is 2. The van der Waals surface area contributed by atoms with Crippen LogP contribution in [0.25, 0.3) is 0 Å². The summed E-state index contributed by atoms with van der Waals surface area (Å²) in [5, 5.41) is 10.3. The van der Waals surface area contributed by atoms with Crippen LogP contribution < -0.4 is 10.6 Å². The van der Waals surface area contributed by atoms with Crippen LogP contribution in [-0.4, -0.2) is 16.1 Å². The lowest BCUT2D eigenvalue weighted by Crippen LogP contribution is -2.31. The summed E-state index contributed by atoms with van der Waals surface area (Å²) in [5.41, 5.74) is 5.73. The predicted octanol–water partition coefficient (Wildman–Crippen LogP) is 3.19. The number of thiazole rings is 1. The van der Waals surface area contributed by atoms with Crippen molar-refractivity contribution in [1.29, 1.82) is 0 Å². The third kappa shape index (κ3) is 2.68. The second-order valence-electron chi connectivity index (χ2n) is 4.36. The lowest BCUT2D eigenvalue weighted by atomic mass is 10.2. The summed E-state index contributed by atoms with van der Waals surface area (Å²) in [6, 6.07) is 5.85. The molecule has 0 atom stereocenters. The lowest BCUT2D eigenvalue weighted by Gasteiger charge is -2.18. The Balaban J connectivity index is 2.46. The van der Waals surface area contributed by atoms with Gasteiger partial charge in [-0.2, -0.15) is 0 Å². The summed E-state index contributed by atoms with van der Waals surface area (Å²) >= 11 is 1.38. The number of primary amides is 1. The highest BCUT2D eigenvalue weighted by atomic mass is 32.1. The molecule has 0 unspecified atom stereocenters. The first-order valence-corrected chi connectivity index (χ1v) is 6.65. The van der Waals surface area contributed by atoms with E-state index in [1.54, 1.807) is 24.4 Å².